The predicted molar refractivity (Wildman–Crippen MR) is 93.1 cm³/mol. The molecule has 140 valence electrons. The highest BCUT2D eigenvalue weighted by atomic mass is 32.3. The number of allylic oxidation sites excluding steroid dienone is 1. The van der Waals surface area contributed by atoms with Crippen LogP contribution in [0.5, 0.6) is 0 Å². The topological polar surface area (TPSA) is 80.7 Å². The number of rotatable bonds is 2. The molecule has 3 fully saturated rings. The maximum atomic E-state index is 12.4. The fourth-order valence-corrected chi connectivity index (χ4v) is 7.16. The number of ketones is 1. The van der Waals surface area contributed by atoms with Crippen LogP contribution in [0.15, 0.2) is 11.6 Å². The van der Waals surface area contributed by atoms with E-state index in [-0.39, 0.29) is 10.8 Å². The first-order valence-electron chi connectivity index (χ1n) is 9.52. The Morgan fingerprint density at radius 1 is 1.12 bits per heavy atom. The van der Waals surface area contributed by atoms with Gasteiger partial charge in [-0.25, -0.2) is 4.18 Å². The molecule has 4 aliphatic carbocycles. The largest absolute Gasteiger partial charge is 0.397 e. The molecule has 6 atom stereocenters. The Labute approximate surface area is 150 Å². The minimum Gasteiger partial charge on any atom is -0.299 e. The molecule has 1 N–H and O–H groups in total. The van der Waals surface area contributed by atoms with Gasteiger partial charge in [0.2, 0.25) is 0 Å². The van der Waals surface area contributed by atoms with Gasteiger partial charge in [0, 0.05) is 11.8 Å². The highest BCUT2D eigenvalue weighted by molar-refractivity contribution is 7.80. The summed E-state index contributed by atoms with van der Waals surface area (Å²) < 4.78 is 35.9. The Hall–Kier alpha value is -0.720. The average Bonchev–Trinajstić information content (AvgIpc) is 2.82. The van der Waals surface area contributed by atoms with Crippen LogP contribution in [0.4, 0.5) is 0 Å². The lowest BCUT2D eigenvalue weighted by Gasteiger charge is -2.56. The molecule has 4 aliphatic rings. The third-order valence-electron chi connectivity index (χ3n) is 8.03. The first-order valence-corrected chi connectivity index (χ1v) is 10.9. The van der Waals surface area contributed by atoms with Crippen molar-refractivity contribution in [2.24, 2.45) is 28.6 Å². The summed E-state index contributed by atoms with van der Waals surface area (Å²) in [6, 6.07) is 0. The molecule has 6 heteroatoms. The zero-order valence-electron chi connectivity index (χ0n) is 15.0. The lowest BCUT2D eigenvalue weighted by Crippen LogP contribution is -2.50. The van der Waals surface area contributed by atoms with Gasteiger partial charge in [-0.2, -0.15) is 8.42 Å². The van der Waals surface area contributed by atoms with Crippen LogP contribution in [0, 0.1) is 28.6 Å². The van der Waals surface area contributed by atoms with Gasteiger partial charge in [-0.15, -0.1) is 0 Å². The second kappa shape index (κ2) is 5.64. The molecule has 25 heavy (non-hydrogen) atoms. The van der Waals surface area contributed by atoms with Crippen molar-refractivity contribution in [2.75, 3.05) is 0 Å². The van der Waals surface area contributed by atoms with Crippen molar-refractivity contribution >= 4 is 16.2 Å². The molecule has 0 heterocycles. The molecule has 0 aliphatic heterocycles. The minimum absolute atomic E-state index is 0.0783. The van der Waals surface area contributed by atoms with Crippen LogP contribution in [0.3, 0.4) is 0 Å². The highest BCUT2D eigenvalue weighted by Gasteiger charge is 2.58. The van der Waals surface area contributed by atoms with E-state index in [0.717, 1.165) is 38.5 Å². The summed E-state index contributed by atoms with van der Waals surface area (Å²) in [5.74, 6) is 2.10. The van der Waals surface area contributed by atoms with Gasteiger partial charge in [-0.1, -0.05) is 25.5 Å². The summed E-state index contributed by atoms with van der Waals surface area (Å²) in [7, 11) is -4.40. The van der Waals surface area contributed by atoms with Crippen LogP contribution in [-0.4, -0.2) is 24.9 Å². The molecular formula is C19H28O5S. The van der Waals surface area contributed by atoms with E-state index in [0.29, 0.717) is 36.4 Å². The lowest BCUT2D eigenvalue weighted by molar-refractivity contribution is -0.131. The Morgan fingerprint density at radius 2 is 1.80 bits per heavy atom. The van der Waals surface area contributed by atoms with E-state index < -0.39 is 16.5 Å². The van der Waals surface area contributed by atoms with Gasteiger partial charge in [0.1, 0.15) is 5.78 Å². The van der Waals surface area contributed by atoms with Crippen LogP contribution >= 0.6 is 0 Å². The molecule has 0 aromatic rings. The molecule has 0 aromatic heterocycles. The highest BCUT2D eigenvalue weighted by Crippen LogP contribution is 2.64. The Balaban J connectivity index is 1.59. The van der Waals surface area contributed by atoms with Gasteiger partial charge in [0.05, 0.1) is 6.10 Å². The second-order valence-electron chi connectivity index (χ2n) is 9.07. The Morgan fingerprint density at radius 3 is 2.52 bits per heavy atom. The Bertz CT molecular complexity index is 726. The Kier molecular flexibility index (Phi) is 3.99. The molecule has 4 rings (SSSR count). The summed E-state index contributed by atoms with van der Waals surface area (Å²) in [5.41, 5.74) is 1.25. The molecule has 0 bridgehead atoms. The van der Waals surface area contributed by atoms with E-state index >= 15 is 0 Å². The molecule has 0 radical (unpaired) electrons. The summed E-state index contributed by atoms with van der Waals surface area (Å²) in [6.07, 6.45) is 8.79. The second-order valence-corrected chi connectivity index (χ2v) is 10.1. The van der Waals surface area contributed by atoms with Gasteiger partial charge >= 0.3 is 10.4 Å². The van der Waals surface area contributed by atoms with Crippen molar-refractivity contribution in [1.82, 2.24) is 0 Å². The van der Waals surface area contributed by atoms with Crippen LogP contribution in [0.1, 0.15) is 65.2 Å². The minimum atomic E-state index is -4.40. The number of fused-ring (bicyclic) bond motifs is 5. The third-order valence-corrected chi connectivity index (χ3v) is 8.54. The van der Waals surface area contributed by atoms with Crippen LogP contribution in [0.25, 0.3) is 0 Å². The monoisotopic (exact) mass is 368 g/mol. The van der Waals surface area contributed by atoms with E-state index in [1.165, 1.54) is 5.57 Å². The first kappa shape index (κ1) is 17.7. The predicted octanol–water partition coefficient (Wildman–Crippen LogP) is 3.71. The van der Waals surface area contributed by atoms with Crippen molar-refractivity contribution in [1.29, 1.82) is 0 Å². The van der Waals surface area contributed by atoms with Crippen LogP contribution < -0.4 is 0 Å². The van der Waals surface area contributed by atoms with Gasteiger partial charge in [0.15, 0.2) is 0 Å². The SMILES string of the molecule is C[C@@]12CC[C@@H]3[C@H](CC=C4CC(OS(=O)(=O)O)CC[C@]43C)[C@H]1CCC2=O. The van der Waals surface area contributed by atoms with Crippen LogP contribution in [0.2, 0.25) is 0 Å². The number of Topliss-reactive ketones (excluding diaryl/α,β-unsaturated/α-hetero) is 1. The van der Waals surface area contributed by atoms with Crippen LogP contribution in [-0.2, 0) is 19.4 Å². The summed E-state index contributed by atoms with van der Waals surface area (Å²) in [6.45, 7) is 4.50. The van der Waals surface area contributed by atoms with Crippen molar-refractivity contribution in [2.45, 2.75) is 71.3 Å². The molecule has 5 nitrogen and oxygen atoms in total. The first-order chi connectivity index (χ1) is 11.6. The van der Waals surface area contributed by atoms with E-state index in [4.69, 9.17) is 8.74 Å². The van der Waals surface area contributed by atoms with E-state index in [1.807, 2.05) is 0 Å². The standard InChI is InChI=1S/C19H28O5S/c1-18-9-7-13(24-25(21,22)23)11-12(18)3-4-14-15-5-6-17(20)19(15,2)10-8-16(14)18/h3,13-16H,4-11H2,1-2H3,(H,21,22,23)/t13?,14-,15-,16-,18-,19-/m1/s1. The van der Waals surface area contributed by atoms with Crippen molar-refractivity contribution in [3.63, 3.8) is 0 Å². The summed E-state index contributed by atoms with van der Waals surface area (Å²) in [4.78, 5) is 12.4. The molecule has 3 saturated carbocycles. The summed E-state index contributed by atoms with van der Waals surface area (Å²) in [5, 5.41) is 0. The van der Waals surface area contributed by atoms with Gasteiger partial charge in [-0.3, -0.25) is 9.35 Å². The number of carbonyl (C=O) groups is 1. The third kappa shape index (κ3) is 2.72. The quantitative estimate of drug-likeness (QED) is 0.594. The molecule has 0 saturated heterocycles. The average molecular weight is 368 g/mol. The maximum absolute atomic E-state index is 12.4. The molecule has 0 spiro atoms. The lowest BCUT2D eigenvalue weighted by atomic mass is 9.48. The summed E-state index contributed by atoms with van der Waals surface area (Å²) >= 11 is 0. The fourth-order valence-electron chi connectivity index (χ4n) is 6.65. The molecule has 0 aromatic carbocycles. The number of carbonyl (C=O) groups excluding carboxylic acids is 1. The van der Waals surface area contributed by atoms with E-state index in [9.17, 15) is 13.2 Å². The van der Waals surface area contributed by atoms with Gasteiger partial charge in [0.25, 0.3) is 0 Å². The zero-order valence-corrected chi connectivity index (χ0v) is 15.8. The molecule has 0 amide bonds. The molecule has 1 unspecified atom stereocenters. The molecular weight excluding hydrogens is 340 g/mol. The van der Waals surface area contributed by atoms with E-state index in [1.54, 1.807) is 0 Å². The normalized spacial score (nSPS) is 46.8. The van der Waals surface area contributed by atoms with Gasteiger partial charge in [-0.05, 0) is 68.1 Å². The fraction of sp³-hybridized carbons (Fsp3) is 0.842. The van der Waals surface area contributed by atoms with Crippen molar-refractivity contribution in [3.05, 3.63) is 11.6 Å². The number of hydrogen-bond donors (Lipinski definition) is 1. The number of hydrogen-bond acceptors (Lipinski definition) is 4. The van der Waals surface area contributed by atoms with Crippen molar-refractivity contribution < 1.29 is 21.9 Å². The zero-order chi connectivity index (χ0) is 18.0. The van der Waals surface area contributed by atoms with Gasteiger partial charge < -0.3 is 0 Å². The maximum Gasteiger partial charge on any atom is 0.397 e. The van der Waals surface area contributed by atoms with E-state index in [2.05, 4.69) is 19.9 Å². The van der Waals surface area contributed by atoms with Crippen molar-refractivity contribution in [3.8, 4) is 0 Å². The smallest absolute Gasteiger partial charge is 0.299 e.